The lowest BCUT2D eigenvalue weighted by atomic mass is 10.0. The number of benzene rings is 1. The first-order valence-electron chi connectivity index (χ1n) is 14.5. The second-order valence-electron chi connectivity index (χ2n) is 11.7. The number of carbonyl (C=O) groups excluding carboxylic acids is 1. The highest BCUT2D eigenvalue weighted by molar-refractivity contribution is 6.34. The van der Waals surface area contributed by atoms with E-state index in [4.69, 9.17) is 17.3 Å². The third-order valence-corrected chi connectivity index (χ3v) is 8.50. The number of anilines is 2. The summed E-state index contributed by atoms with van der Waals surface area (Å²) in [6.45, 7) is 13.3. The monoisotopic (exact) mass is 649 g/mol. The third kappa shape index (κ3) is 5.14. The molecule has 1 aromatic carbocycles. The summed E-state index contributed by atoms with van der Waals surface area (Å²) >= 11 is 6.70. The van der Waals surface area contributed by atoms with Crippen LogP contribution in [0.4, 0.5) is 24.5 Å². The maximum Gasteiger partial charge on any atom is 0.276 e. The summed E-state index contributed by atoms with van der Waals surface area (Å²) in [7, 11) is 0. The molecule has 3 aromatic heterocycles. The van der Waals surface area contributed by atoms with E-state index < -0.39 is 34.3 Å². The van der Waals surface area contributed by atoms with E-state index >= 15 is 4.39 Å². The normalized spacial score (nSPS) is 16.6. The Bertz CT molecular complexity index is 2030. The van der Waals surface area contributed by atoms with Gasteiger partial charge < -0.3 is 15.5 Å². The van der Waals surface area contributed by atoms with Crippen molar-refractivity contribution in [1.29, 1.82) is 5.26 Å². The molecular formula is C33H31ClF3N7O2. The zero-order chi connectivity index (χ0) is 33.8. The van der Waals surface area contributed by atoms with Crippen LogP contribution in [-0.2, 0) is 4.79 Å². The van der Waals surface area contributed by atoms with Gasteiger partial charge in [-0.05, 0) is 56.5 Å². The molecule has 46 heavy (non-hydrogen) atoms. The molecule has 5 rings (SSSR count). The lowest BCUT2D eigenvalue weighted by molar-refractivity contribution is -0.130. The summed E-state index contributed by atoms with van der Waals surface area (Å²) in [4.78, 5) is 39.7. The van der Waals surface area contributed by atoms with Crippen molar-refractivity contribution in [3.05, 3.63) is 86.7 Å². The predicted octanol–water partition coefficient (Wildman–Crippen LogP) is 6.02. The number of aromatic nitrogens is 3. The van der Waals surface area contributed by atoms with E-state index in [0.29, 0.717) is 16.9 Å². The molecule has 2 atom stereocenters. The van der Waals surface area contributed by atoms with Crippen LogP contribution in [0.3, 0.4) is 0 Å². The molecule has 0 saturated carbocycles. The van der Waals surface area contributed by atoms with Crippen molar-refractivity contribution in [3.63, 3.8) is 0 Å². The molecule has 13 heteroatoms. The van der Waals surface area contributed by atoms with E-state index in [1.165, 1.54) is 16.7 Å². The van der Waals surface area contributed by atoms with Crippen LogP contribution in [0.1, 0.15) is 50.4 Å². The fourth-order valence-corrected chi connectivity index (χ4v) is 6.47. The van der Waals surface area contributed by atoms with Crippen LogP contribution in [-0.4, -0.2) is 50.5 Å². The van der Waals surface area contributed by atoms with Crippen LogP contribution >= 0.6 is 11.6 Å². The molecule has 0 spiro atoms. The Morgan fingerprint density at radius 3 is 2.39 bits per heavy atom. The fraction of sp³-hybridized carbons (Fsp3) is 0.303. The molecule has 4 aromatic rings. The number of nitrogens with two attached hydrogens (primary N) is 1. The molecule has 238 valence electrons. The van der Waals surface area contributed by atoms with E-state index in [1.807, 2.05) is 32.6 Å². The highest BCUT2D eigenvalue weighted by Crippen LogP contribution is 2.39. The highest BCUT2D eigenvalue weighted by Gasteiger charge is 2.35. The Morgan fingerprint density at radius 1 is 1.15 bits per heavy atom. The number of amides is 1. The molecule has 0 radical (unpaired) electrons. The van der Waals surface area contributed by atoms with Gasteiger partial charge in [0.15, 0.2) is 17.5 Å². The van der Waals surface area contributed by atoms with Gasteiger partial charge in [-0.1, -0.05) is 32.0 Å². The Balaban J connectivity index is 1.93. The van der Waals surface area contributed by atoms with Gasteiger partial charge in [0.25, 0.3) is 5.56 Å². The molecule has 0 unspecified atom stereocenters. The van der Waals surface area contributed by atoms with E-state index in [9.17, 15) is 23.6 Å². The predicted molar refractivity (Wildman–Crippen MR) is 172 cm³/mol. The number of nitriles is 1. The van der Waals surface area contributed by atoms with Gasteiger partial charge in [0.1, 0.15) is 17.3 Å². The van der Waals surface area contributed by atoms with Gasteiger partial charge >= 0.3 is 0 Å². The second kappa shape index (κ2) is 12.1. The number of pyridine rings is 3. The number of fused-ring (bicyclic) bond motifs is 1. The van der Waals surface area contributed by atoms with Crippen molar-refractivity contribution in [2.75, 3.05) is 23.7 Å². The van der Waals surface area contributed by atoms with Crippen molar-refractivity contribution in [1.82, 2.24) is 19.4 Å². The fourth-order valence-electron chi connectivity index (χ4n) is 6.22. The van der Waals surface area contributed by atoms with Crippen molar-refractivity contribution in [2.24, 2.45) is 0 Å². The van der Waals surface area contributed by atoms with E-state index in [0.717, 1.165) is 6.07 Å². The van der Waals surface area contributed by atoms with Crippen LogP contribution < -0.4 is 16.2 Å². The quantitative estimate of drug-likeness (QED) is 0.160. The average Bonchev–Trinajstić information content (AvgIpc) is 3.01. The zero-order valence-electron chi connectivity index (χ0n) is 25.8. The van der Waals surface area contributed by atoms with Gasteiger partial charge in [-0.15, -0.1) is 0 Å². The summed E-state index contributed by atoms with van der Waals surface area (Å²) in [5.74, 6) is -5.34. The Morgan fingerprint density at radius 2 is 1.80 bits per heavy atom. The molecule has 0 aliphatic carbocycles. The number of aryl methyl sites for hydroxylation is 1. The van der Waals surface area contributed by atoms with Gasteiger partial charge in [0.2, 0.25) is 5.91 Å². The highest BCUT2D eigenvalue weighted by atomic mass is 35.5. The number of hydrogen-bond acceptors (Lipinski definition) is 7. The number of carbonyl (C=O) groups is 1. The molecule has 2 N–H and O–H groups in total. The van der Waals surface area contributed by atoms with Gasteiger partial charge in [-0.2, -0.15) is 5.26 Å². The molecule has 1 saturated heterocycles. The number of rotatable bonds is 5. The minimum atomic E-state index is -1.80. The lowest BCUT2D eigenvalue weighted by Gasteiger charge is -2.45. The molecule has 1 aliphatic heterocycles. The maximum absolute atomic E-state index is 15.2. The Labute approximate surface area is 268 Å². The summed E-state index contributed by atoms with van der Waals surface area (Å²) in [6.07, 6.45) is 2.83. The minimum Gasteiger partial charge on any atom is -0.396 e. The third-order valence-electron chi connectivity index (χ3n) is 8.21. The van der Waals surface area contributed by atoms with Gasteiger partial charge in [0, 0.05) is 42.3 Å². The van der Waals surface area contributed by atoms with Crippen LogP contribution in [0.15, 0.2) is 41.8 Å². The van der Waals surface area contributed by atoms with E-state index in [2.05, 4.69) is 22.6 Å². The first kappa shape index (κ1) is 32.5. The molecule has 1 amide bonds. The smallest absolute Gasteiger partial charge is 0.276 e. The van der Waals surface area contributed by atoms with Gasteiger partial charge in [-0.3, -0.25) is 19.1 Å². The van der Waals surface area contributed by atoms with Crippen molar-refractivity contribution >= 4 is 39.9 Å². The van der Waals surface area contributed by atoms with Gasteiger partial charge in [-0.25, -0.2) is 18.2 Å². The summed E-state index contributed by atoms with van der Waals surface area (Å²) in [5, 5.41) is 10.6. The zero-order valence-corrected chi connectivity index (χ0v) is 26.6. The largest absolute Gasteiger partial charge is 0.396 e. The number of piperazine rings is 1. The Hall–Kier alpha value is -4.89. The first-order chi connectivity index (χ1) is 21.7. The van der Waals surface area contributed by atoms with Crippen molar-refractivity contribution < 1.29 is 18.0 Å². The molecule has 9 nitrogen and oxygen atoms in total. The van der Waals surface area contributed by atoms with Crippen molar-refractivity contribution in [3.8, 4) is 23.0 Å². The number of nitrogens with zero attached hydrogens (tertiary/aromatic N) is 6. The second-order valence-corrected chi connectivity index (χ2v) is 12.1. The van der Waals surface area contributed by atoms with Crippen LogP contribution in [0.2, 0.25) is 5.02 Å². The Kier molecular flexibility index (Phi) is 8.57. The molecule has 1 fully saturated rings. The van der Waals surface area contributed by atoms with E-state index in [1.54, 1.807) is 24.1 Å². The summed E-state index contributed by atoms with van der Waals surface area (Å²) < 4.78 is 45.1. The van der Waals surface area contributed by atoms with Crippen molar-refractivity contribution in [2.45, 2.75) is 52.6 Å². The first-order valence-corrected chi connectivity index (χ1v) is 14.9. The SMILES string of the molecule is C=CC(=O)N1[C@H](C)CN(c2c(C#N)c(=O)n(-c3c(C)ccnc3C(C)C)c3nc(-c4cc(N)c(F)c(F)c4F)c(Cl)cc23)C[C@@H]1C. The topological polar surface area (TPSA) is 121 Å². The van der Waals surface area contributed by atoms with Crippen LogP contribution in [0.5, 0.6) is 0 Å². The average molecular weight is 650 g/mol. The molecule has 0 bridgehead atoms. The molecule has 1 aliphatic rings. The number of halogens is 4. The minimum absolute atomic E-state index is 0.0241. The van der Waals surface area contributed by atoms with E-state index in [-0.39, 0.29) is 70.0 Å². The number of hydrogen-bond donors (Lipinski definition) is 1. The molecule has 4 heterocycles. The maximum atomic E-state index is 15.2. The summed E-state index contributed by atoms with van der Waals surface area (Å²) in [5.41, 5.74) is 4.97. The number of nitrogen functional groups attached to an aromatic ring is 1. The van der Waals surface area contributed by atoms with Crippen LogP contribution in [0, 0.1) is 35.7 Å². The van der Waals surface area contributed by atoms with Gasteiger partial charge in [0.05, 0.1) is 33.5 Å². The summed E-state index contributed by atoms with van der Waals surface area (Å²) in [6, 6.07) is 5.39. The lowest BCUT2D eigenvalue weighted by Crippen LogP contribution is -2.58. The molecular weight excluding hydrogens is 619 g/mol. The standard InChI is InChI=1S/C33H31ClF3N7O2/c1-7-24(45)43-17(5)13-42(14-18(43)6)31-20-10-22(34)29(19-11-23(39)26(36)27(37)25(19)35)41-32(20)44(33(46)21(31)12-38)30-16(4)8-9-40-28(30)15(2)3/h7-11,15,17-18H,1,13-14,39H2,2-6H3/t17-,18+. The van der Waals surface area contributed by atoms with Crippen LogP contribution in [0.25, 0.3) is 28.0 Å².